The molecule has 0 spiro atoms. The van der Waals surface area contributed by atoms with Crippen molar-refractivity contribution >= 4 is 11.7 Å². The number of anilines is 1. The maximum absolute atomic E-state index is 11.4. The normalized spacial score (nSPS) is 10.9. The van der Waals surface area contributed by atoms with Gasteiger partial charge in [0.05, 0.1) is 7.11 Å². The van der Waals surface area contributed by atoms with E-state index in [1.54, 1.807) is 18.2 Å². The van der Waals surface area contributed by atoms with Crippen molar-refractivity contribution in [2.24, 2.45) is 0 Å². The van der Waals surface area contributed by atoms with E-state index in [1.807, 2.05) is 13.0 Å². The smallest absolute Gasteiger partial charge is 0.249 e. The van der Waals surface area contributed by atoms with Gasteiger partial charge >= 0.3 is 0 Å². The summed E-state index contributed by atoms with van der Waals surface area (Å²) in [4.78, 5) is 19.1. The van der Waals surface area contributed by atoms with Gasteiger partial charge in [-0.1, -0.05) is 18.2 Å². The fraction of sp³-hybridized carbons (Fsp3) is 0.182. The van der Waals surface area contributed by atoms with Gasteiger partial charge in [0.1, 0.15) is 12.1 Å². The highest BCUT2D eigenvalue weighted by Crippen LogP contribution is 2.09. The number of ether oxygens (including phenoxy) is 1. The van der Waals surface area contributed by atoms with Crippen LogP contribution in [0.4, 0.5) is 5.82 Å². The summed E-state index contributed by atoms with van der Waals surface area (Å²) < 4.78 is 4.90. The molecule has 0 aliphatic heterocycles. The number of hydrogen-bond donors (Lipinski definition) is 1. The quantitative estimate of drug-likeness (QED) is 0.616. The first kappa shape index (κ1) is 11.9. The lowest BCUT2D eigenvalue weighted by atomic mass is 10.4. The molecule has 0 saturated heterocycles. The summed E-state index contributed by atoms with van der Waals surface area (Å²) in [5.74, 6) is 0.559. The summed E-state index contributed by atoms with van der Waals surface area (Å²) >= 11 is 0. The van der Waals surface area contributed by atoms with Crippen LogP contribution in [-0.2, 0) is 4.79 Å². The molecular formula is C11H13N3O2. The Morgan fingerprint density at radius 1 is 1.44 bits per heavy atom. The minimum atomic E-state index is -0.251. The lowest BCUT2D eigenvalue weighted by Gasteiger charge is -2.02. The van der Waals surface area contributed by atoms with Crippen molar-refractivity contribution in [2.75, 3.05) is 12.4 Å². The zero-order valence-corrected chi connectivity index (χ0v) is 9.18. The predicted molar refractivity (Wildman–Crippen MR) is 61.2 cm³/mol. The Labute approximate surface area is 93.9 Å². The number of hydrogen-bond acceptors (Lipinski definition) is 4. The van der Waals surface area contributed by atoms with Crippen LogP contribution in [0.5, 0.6) is 5.88 Å². The van der Waals surface area contributed by atoms with Gasteiger partial charge in [0.15, 0.2) is 0 Å². The summed E-state index contributed by atoms with van der Waals surface area (Å²) in [6, 6.07) is 1.54. The molecule has 16 heavy (non-hydrogen) atoms. The Kier molecular flexibility index (Phi) is 4.72. The highest BCUT2D eigenvalue weighted by Gasteiger charge is 2.00. The van der Waals surface area contributed by atoms with E-state index in [0.717, 1.165) is 0 Å². The zero-order valence-electron chi connectivity index (χ0n) is 9.18. The third kappa shape index (κ3) is 3.91. The Hall–Kier alpha value is -2.17. The maximum atomic E-state index is 11.4. The van der Waals surface area contributed by atoms with Crippen LogP contribution < -0.4 is 10.1 Å². The maximum Gasteiger partial charge on any atom is 0.249 e. The van der Waals surface area contributed by atoms with Gasteiger partial charge in [-0.15, -0.1) is 0 Å². The number of aromatic nitrogens is 2. The number of rotatable bonds is 4. The van der Waals surface area contributed by atoms with E-state index in [2.05, 4.69) is 15.3 Å². The zero-order chi connectivity index (χ0) is 11.8. The molecule has 0 bridgehead atoms. The molecule has 84 valence electrons. The molecule has 1 N–H and O–H groups in total. The largest absolute Gasteiger partial charge is 0.481 e. The number of carbonyl (C=O) groups is 1. The molecule has 0 radical (unpaired) electrons. The number of amides is 1. The van der Waals surface area contributed by atoms with Gasteiger partial charge in [-0.25, -0.2) is 9.97 Å². The third-order valence-electron chi connectivity index (χ3n) is 1.65. The standard InChI is InChI=1S/C11H13N3O2/c1-3-4-5-6-10(15)14-9-7-11(16-2)13-8-12-9/h3-8H,1-2H3,(H,12,13,14,15)/b4-3+,6-5+. The number of nitrogens with zero attached hydrogens (tertiary/aromatic N) is 2. The fourth-order valence-electron chi connectivity index (χ4n) is 0.941. The highest BCUT2D eigenvalue weighted by molar-refractivity contribution is 5.98. The van der Waals surface area contributed by atoms with Crippen molar-refractivity contribution in [1.82, 2.24) is 9.97 Å². The number of nitrogens with one attached hydrogen (secondary N) is 1. The number of carbonyl (C=O) groups excluding carboxylic acids is 1. The van der Waals surface area contributed by atoms with Crippen LogP contribution in [0.3, 0.4) is 0 Å². The molecule has 0 atom stereocenters. The molecule has 0 aromatic carbocycles. The van der Waals surface area contributed by atoms with E-state index in [9.17, 15) is 4.79 Å². The summed E-state index contributed by atoms with van der Waals surface area (Å²) in [6.45, 7) is 1.87. The van der Waals surface area contributed by atoms with E-state index >= 15 is 0 Å². The van der Waals surface area contributed by atoms with Gasteiger partial charge in [0.25, 0.3) is 0 Å². The van der Waals surface area contributed by atoms with Crippen LogP contribution in [0, 0.1) is 0 Å². The lowest BCUT2D eigenvalue weighted by Crippen LogP contribution is -2.09. The molecular weight excluding hydrogens is 206 g/mol. The third-order valence-corrected chi connectivity index (χ3v) is 1.65. The van der Waals surface area contributed by atoms with Crippen molar-refractivity contribution in [1.29, 1.82) is 0 Å². The molecule has 5 heteroatoms. The Balaban J connectivity index is 2.62. The summed E-state index contributed by atoms with van der Waals surface area (Å²) in [7, 11) is 1.50. The van der Waals surface area contributed by atoms with Crippen molar-refractivity contribution in [3.63, 3.8) is 0 Å². The van der Waals surface area contributed by atoms with E-state index in [0.29, 0.717) is 11.7 Å². The highest BCUT2D eigenvalue weighted by atomic mass is 16.5. The summed E-state index contributed by atoms with van der Waals surface area (Å²) in [6.07, 6.45) is 7.98. The SMILES string of the molecule is C/C=C/C=C/C(=O)Nc1cc(OC)ncn1. The monoisotopic (exact) mass is 219 g/mol. The minimum absolute atomic E-state index is 0.251. The average Bonchev–Trinajstić information content (AvgIpc) is 2.29. The topological polar surface area (TPSA) is 64.1 Å². The molecule has 1 aromatic rings. The minimum Gasteiger partial charge on any atom is -0.481 e. The molecule has 0 aliphatic rings. The van der Waals surface area contributed by atoms with Gasteiger partial charge in [0, 0.05) is 12.1 Å². The van der Waals surface area contributed by atoms with Crippen molar-refractivity contribution < 1.29 is 9.53 Å². The van der Waals surface area contributed by atoms with Crippen LogP contribution >= 0.6 is 0 Å². The molecule has 1 amide bonds. The second kappa shape index (κ2) is 6.34. The molecule has 0 saturated carbocycles. The molecule has 0 unspecified atom stereocenters. The van der Waals surface area contributed by atoms with Crippen LogP contribution in [-0.4, -0.2) is 23.0 Å². The second-order valence-electron chi connectivity index (χ2n) is 2.82. The van der Waals surface area contributed by atoms with Crippen molar-refractivity contribution in [3.05, 3.63) is 36.7 Å². The van der Waals surface area contributed by atoms with E-state index in [1.165, 1.54) is 19.5 Å². The predicted octanol–water partition coefficient (Wildman–Crippen LogP) is 1.56. The van der Waals surface area contributed by atoms with Gasteiger partial charge in [-0.2, -0.15) is 0 Å². The van der Waals surface area contributed by atoms with Crippen LogP contribution in [0.15, 0.2) is 36.7 Å². The first-order valence-electron chi connectivity index (χ1n) is 4.72. The first-order valence-corrected chi connectivity index (χ1v) is 4.72. The van der Waals surface area contributed by atoms with E-state index in [4.69, 9.17) is 4.74 Å². The second-order valence-corrected chi connectivity index (χ2v) is 2.82. The average molecular weight is 219 g/mol. The van der Waals surface area contributed by atoms with E-state index in [-0.39, 0.29) is 5.91 Å². The molecule has 1 aromatic heterocycles. The summed E-state index contributed by atoms with van der Waals surface area (Å²) in [5, 5.41) is 2.58. The Bertz CT molecular complexity index is 413. The van der Waals surface area contributed by atoms with Gasteiger partial charge in [-0.05, 0) is 6.92 Å². The number of methoxy groups -OCH3 is 1. The molecule has 5 nitrogen and oxygen atoms in total. The van der Waals surface area contributed by atoms with Gasteiger partial charge in [0.2, 0.25) is 11.8 Å². The van der Waals surface area contributed by atoms with Crippen LogP contribution in [0.25, 0.3) is 0 Å². The first-order chi connectivity index (χ1) is 7.76. The van der Waals surface area contributed by atoms with Crippen LogP contribution in [0.2, 0.25) is 0 Å². The Morgan fingerprint density at radius 2 is 2.25 bits per heavy atom. The fourth-order valence-corrected chi connectivity index (χ4v) is 0.941. The molecule has 0 fully saturated rings. The lowest BCUT2D eigenvalue weighted by molar-refractivity contribution is -0.111. The van der Waals surface area contributed by atoms with E-state index < -0.39 is 0 Å². The van der Waals surface area contributed by atoms with Crippen molar-refractivity contribution in [3.8, 4) is 5.88 Å². The van der Waals surface area contributed by atoms with Crippen LogP contribution in [0.1, 0.15) is 6.92 Å². The van der Waals surface area contributed by atoms with Gasteiger partial charge in [-0.3, -0.25) is 4.79 Å². The summed E-state index contributed by atoms with van der Waals surface area (Å²) in [5.41, 5.74) is 0. The van der Waals surface area contributed by atoms with Gasteiger partial charge < -0.3 is 10.1 Å². The molecule has 1 heterocycles. The molecule has 0 aliphatic carbocycles. The molecule has 1 rings (SSSR count). The van der Waals surface area contributed by atoms with Crippen molar-refractivity contribution in [2.45, 2.75) is 6.92 Å². The Morgan fingerprint density at radius 3 is 2.94 bits per heavy atom. The number of allylic oxidation sites excluding steroid dienone is 3.